The van der Waals surface area contributed by atoms with Gasteiger partial charge < -0.3 is 9.80 Å². The van der Waals surface area contributed by atoms with Gasteiger partial charge in [0.15, 0.2) is 0 Å². The highest BCUT2D eigenvalue weighted by molar-refractivity contribution is 5.93. The first-order valence-electron chi connectivity index (χ1n) is 24.9. The summed E-state index contributed by atoms with van der Waals surface area (Å²) < 4.78 is 0. The Morgan fingerprint density at radius 1 is 0.394 bits per heavy atom. The molecule has 0 saturated carbocycles. The summed E-state index contributed by atoms with van der Waals surface area (Å²) in [4.78, 5) is 5.25. The Morgan fingerprint density at radius 2 is 0.879 bits per heavy atom. The minimum atomic E-state index is -0.0306. The minimum absolute atomic E-state index is 0.0168. The van der Waals surface area contributed by atoms with Gasteiger partial charge in [-0.2, -0.15) is 0 Å². The number of rotatable bonds is 7. The van der Waals surface area contributed by atoms with Gasteiger partial charge in [-0.05, 0) is 196 Å². The molecule has 0 amide bonds. The molecule has 0 radical (unpaired) electrons. The molecule has 0 fully saturated rings. The quantitative estimate of drug-likeness (QED) is 0.158. The summed E-state index contributed by atoms with van der Waals surface area (Å²) in [5.74, 6) is 0. The van der Waals surface area contributed by atoms with Gasteiger partial charge in [-0.15, -0.1) is 0 Å². The van der Waals surface area contributed by atoms with E-state index in [2.05, 4.69) is 244 Å². The molecule has 0 atom stereocenters. The highest BCUT2D eigenvalue weighted by Gasteiger charge is 2.40. The number of nitrogens with zero attached hydrogens (tertiary/aromatic N) is 2. The van der Waals surface area contributed by atoms with Crippen molar-refractivity contribution >= 4 is 34.1 Å². The highest BCUT2D eigenvalue weighted by Crippen LogP contribution is 2.54. The first-order valence-corrected chi connectivity index (χ1v) is 24.9. The normalized spacial score (nSPS) is 17.2. The van der Waals surface area contributed by atoms with Crippen LogP contribution in [0.4, 0.5) is 34.1 Å². The first-order chi connectivity index (χ1) is 30.6. The van der Waals surface area contributed by atoms with E-state index in [4.69, 9.17) is 0 Å². The molecule has 2 aliphatic rings. The van der Waals surface area contributed by atoms with E-state index in [1.54, 1.807) is 0 Å². The van der Waals surface area contributed by atoms with E-state index in [0.717, 1.165) is 0 Å². The SMILES string of the molecule is Cc1cc(N(c2ccc3c(c2)C(C)(C)CCC3(C)C)c2cc3c(cc2C)C(C)(C)CCC3(C)C)c(C)c(N(c2cc(C(C)(C)C)ccc2C)c2ccc(C(C)(C)C)cc2-c2ccccc2)c1. The van der Waals surface area contributed by atoms with Crippen LogP contribution in [0.2, 0.25) is 0 Å². The average molecular weight is 877 g/mol. The van der Waals surface area contributed by atoms with E-state index in [9.17, 15) is 0 Å². The molecule has 0 aliphatic heterocycles. The lowest BCUT2D eigenvalue weighted by atomic mass is 9.62. The maximum Gasteiger partial charge on any atom is 0.0540 e. The van der Waals surface area contributed by atoms with Gasteiger partial charge in [0, 0.05) is 22.6 Å². The molecule has 0 spiro atoms. The zero-order chi connectivity index (χ0) is 48.1. The van der Waals surface area contributed by atoms with Crippen molar-refractivity contribution in [1.29, 1.82) is 0 Å². The second kappa shape index (κ2) is 16.3. The lowest BCUT2D eigenvalue weighted by molar-refractivity contribution is 0.331. The predicted molar refractivity (Wildman–Crippen MR) is 288 cm³/mol. The maximum absolute atomic E-state index is 2.65. The second-order valence-corrected chi connectivity index (χ2v) is 25.1. The third-order valence-electron chi connectivity index (χ3n) is 16.0. The number of hydrogen-bond donors (Lipinski definition) is 0. The molecule has 8 rings (SSSR count). The summed E-state index contributed by atoms with van der Waals surface area (Å²) in [7, 11) is 0. The molecule has 0 N–H and O–H groups in total. The monoisotopic (exact) mass is 877 g/mol. The molecule has 2 aliphatic carbocycles. The molecule has 2 nitrogen and oxygen atoms in total. The number of fused-ring (bicyclic) bond motifs is 2. The molecule has 0 heterocycles. The Balaban J connectivity index is 1.48. The number of aryl methyl sites for hydroxylation is 3. The molecule has 0 bridgehead atoms. The van der Waals surface area contributed by atoms with Crippen molar-refractivity contribution in [2.24, 2.45) is 0 Å². The summed E-state index contributed by atoms with van der Waals surface area (Å²) in [6, 6.07) is 42.9. The summed E-state index contributed by atoms with van der Waals surface area (Å²) in [5.41, 5.74) is 23.7. The topological polar surface area (TPSA) is 6.48 Å². The molecular weight excluding hydrogens is 797 g/mol. The fourth-order valence-corrected chi connectivity index (χ4v) is 11.1. The van der Waals surface area contributed by atoms with Crippen molar-refractivity contribution in [2.75, 3.05) is 9.80 Å². The Bertz CT molecular complexity index is 2810. The van der Waals surface area contributed by atoms with E-state index >= 15 is 0 Å². The van der Waals surface area contributed by atoms with Crippen LogP contribution in [0.5, 0.6) is 0 Å². The number of hydrogen-bond acceptors (Lipinski definition) is 2. The summed E-state index contributed by atoms with van der Waals surface area (Å²) in [6.45, 7) is 42.9. The molecule has 6 aromatic rings. The van der Waals surface area contributed by atoms with Crippen LogP contribution in [-0.4, -0.2) is 0 Å². The van der Waals surface area contributed by atoms with Gasteiger partial charge >= 0.3 is 0 Å². The highest BCUT2D eigenvalue weighted by atomic mass is 15.2. The van der Waals surface area contributed by atoms with Gasteiger partial charge in [-0.3, -0.25) is 0 Å². The Hall–Kier alpha value is -5.08. The van der Waals surface area contributed by atoms with Crippen molar-refractivity contribution in [3.05, 3.63) is 165 Å². The van der Waals surface area contributed by atoms with Crippen molar-refractivity contribution in [3.63, 3.8) is 0 Å². The van der Waals surface area contributed by atoms with Crippen LogP contribution in [0.15, 0.2) is 109 Å². The largest absolute Gasteiger partial charge is 0.310 e. The fourth-order valence-electron chi connectivity index (χ4n) is 11.1. The Labute approximate surface area is 400 Å². The van der Waals surface area contributed by atoms with E-state index in [0.29, 0.717) is 0 Å². The van der Waals surface area contributed by atoms with Crippen LogP contribution in [0.1, 0.15) is 178 Å². The predicted octanol–water partition coefficient (Wildman–Crippen LogP) is 18.8. The molecule has 346 valence electrons. The first kappa shape index (κ1) is 47.4. The average Bonchev–Trinajstić information content (AvgIpc) is 3.23. The maximum atomic E-state index is 2.65. The van der Waals surface area contributed by atoms with Gasteiger partial charge in [0.25, 0.3) is 0 Å². The van der Waals surface area contributed by atoms with Crippen LogP contribution in [0, 0.1) is 27.7 Å². The number of anilines is 6. The standard InChI is InChI=1S/C64H80N2/c1-41-34-57(65(48-27-28-50-52(39-48)63(15,16)31-30-61(50,11)12)56-40-53-51(36-43(56)3)62(13,14)32-33-64(53,17)18)44(4)58(35-41)66(55-38-47(60(8,9)10)25-24-42(55)2)54-29-26-46(59(5,6)7)37-49(54)45-22-20-19-21-23-45/h19-29,34-40H,30-33H2,1-18H3. The Kier molecular flexibility index (Phi) is 11.7. The fraction of sp³-hybridized carbons (Fsp3) is 0.438. The van der Waals surface area contributed by atoms with Crippen LogP contribution < -0.4 is 9.80 Å². The van der Waals surface area contributed by atoms with E-state index in [1.165, 1.54) is 127 Å². The summed E-state index contributed by atoms with van der Waals surface area (Å²) in [5, 5.41) is 0. The molecule has 0 aromatic heterocycles. The molecule has 6 aromatic carbocycles. The molecular formula is C64H80N2. The smallest absolute Gasteiger partial charge is 0.0540 e. The molecule has 0 unspecified atom stereocenters. The van der Waals surface area contributed by atoms with Crippen molar-refractivity contribution in [3.8, 4) is 11.1 Å². The molecule has 0 saturated heterocycles. The van der Waals surface area contributed by atoms with E-state index in [1.807, 2.05) is 0 Å². The van der Waals surface area contributed by atoms with Crippen molar-refractivity contribution in [1.82, 2.24) is 0 Å². The van der Waals surface area contributed by atoms with E-state index in [-0.39, 0.29) is 32.5 Å². The van der Waals surface area contributed by atoms with Crippen LogP contribution >= 0.6 is 0 Å². The van der Waals surface area contributed by atoms with Crippen LogP contribution in [-0.2, 0) is 32.5 Å². The Morgan fingerprint density at radius 3 is 1.45 bits per heavy atom. The zero-order valence-electron chi connectivity index (χ0n) is 44.1. The van der Waals surface area contributed by atoms with E-state index < -0.39 is 0 Å². The lowest BCUT2D eigenvalue weighted by Gasteiger charge is -2.44. The summed E-state index contributed by atoms with van der Waals surface area (Å²) in [6.07, 6.45) is 4.73. The molecule has 66 heavy (non-hydrogen) atoms. The number of benzene rings is 6. The second-order valence-electron chi connectivity index (χ2n) is 25.1. The van der Waals surface area contributed by atoms with Crippen LogP contribution in [0.25, 0.3) is 11.1 Å². The van der Waals surface area contributed by atoms with Crippen molar-refractivity contribution in [2.45, 2.75) is 183 Å². The van der Waals surface area contributed by atoms with Crippen LogP contribution in [0.3, 0.4) is 0 Å². The zero-order valence-corrected chi connectivity index (χ0v) is 44.1. The third kappa shape index (κ3) is 8.56. The van der Waals surface area contributed by atoms with Gasteiger partial charge in [0.1, 0.15) is 0 Å². The molecule has 2 heteroatoms. The van der Waals surface area contributed by atoms with Gasteiger partial charge in [-0.25, -0.2) is 0 Å². The van der Waals surface area contributed by atoms with Gasteiger partial charge in [0.2, 0.25) is 0 Å². The van der Waals surface area contributed by atoms with Crippen molar-refractivity contribution < 1.29 is 0 Å². The van der Waals surface area contributed by atoms with Gasteiger partial charge in [-0.1, -0.05) is 158 Å². The summed E-state index contributed by atoms with van der Waals surface area (Å²) >= 11 is 0. The third-order valence-corrected chi connectivity index (χ3v) is 16.0. The lowest BCUT2D eigenvalue weighted by Crippen LogP contribution is -2.34. The minimum Gasteiger partial charge on any atom is -0.310 e. The van der Waals surface area contributed by atoms with Gasteiger partial charge in [0.05, 0.1) is 17.1 Å².